The van der Waals surface area contributed by atoms with Gasteiger partial charge in [0.1, 0.15) is 0 Å². The maximum atomic E-state index is 14.1. The van der Waals surface area contributed by atoms with Gasteiger partial charge >= 0.3 is 0 Å². The van der Waals surface area contributed by atoms with Gasteiger partial charge < -0.3 is 20.7 Å². The number of hydrogen-bond acceptors (Lipinski definition) is 4. The van der Waals surface area contributed by atoms with Crippen molar-refractivity contribution in [2.75, 3.05) is 31.2 Å². The summed E-state index contributed by atoms with van der Waals surface area (Å²) in [5.74, 6) is 0.476. The molecule has 0 spiro atoms. The van der Waals surface area contributed by atoms with Gasteiger partial charge in [-0.2, -0.15) is 0 Å². The summed E-state index contributed by atoms with van der Waals surface area (Å²) in [4.78, 5) is 10.3. The van der Waals surface area contributed by atoms with Gasteiger partial charge in [-0.15, -0.1) is 24.0 Å². The average molecular weight is 421 g/mol. The molecular weight excluding hydrogens is 400 g/mol. The van der Waals surface area contributed by atoms with E-state index in [0.717, 1.165) is 12.8 Å². The summed E-state index contributed by atoms with van der Waals surface area (Å²) in [6, 6.07) is 1.94. The summed E-state index contributed by atoms with van der Waals surface area (Å²) in [5.41, 5.74) is 6.46. The van der Waals surface area contributed by atoms with Crippen molar-refractivity contribution in [2.45, 2.75) is 25.4 Å². The summed E-state index contributed by atoms with van der Waals surface area (Å²) in [6.45, 7) is 2.88. The fourth-order valence-electron chi connectivity index (χ4n) is 2.22. The van der Waals surface area contributed by atoms with Crippen LogP contribution in [0.3, 0.4) is 0 Å². The molecule has 1 aliphatic heterocycles. The quantitative estimate of drug-likeness (QED) is 0.435. The molecule has 1 aliphatic carbocycles. The minimum atomic E-state index is -0.321. The lowest BCUT2D eigenvalue weighted by atomic mass is 10.2. The van der Waals surface area contributed by atoms with E-state index in [2.05, 4.69) is 15.3 Å². The third-order valence-corrected chi connectivity index (χ3v) is 3.55. The Labute approximate surface area is 146 Å². The van der Waals surface area contributed by atoms with E-state index in [1.165, 1.54) is 6.07 Å². The molecule has 0 unspecified atom stereocenters. The van der Waals surface area contributed by atoms with Crippen molar-refractivity contribution in [1.29, 1.82) is 0 Å². The van der Waals surface area contributed by atoms with Gasteiger partial charge in [-0.1, -0.05) is 0 Å². The van der Waals surface area contributed by atoms with E-state index in [4.69, 9.17) is 10.5 Å². The van der Waals surface area contributed by atoms with E-state index in [9.17, 15) is 4.39 Å². The van der Waals surface area contributed by atoms with Crippen molar-refractivity contribution in [3.8, 4) is 0 Å². The maximum Gasteiger partial charge on any atom is 0.189 e. The summed E-state index contributed by atoms with van der Waals surface area (Å²) < 4.78 is 19.4. The monoisotopic (exact) mass is 421 g/mol. The summed E-state index contributed by atoms with van der Waals surface area (Å²) in [6.07, 6.45) is 3.93. The Bertz CT molecular complexity index is 532. The van der Waals surface area contributed by atoms with Gasteiger partial charge in [-0.3, -0.25) is 0 Å². The molecule has 1 saturated carbocycles. The van der Waals surface area contributed by atoms with Crippen molar-refractivity contribution in [3.05, 3.63) is 23.6 Å². The van der Waals surface area contributed by atoms with Gasteiger partial charge in [0.15, 0.2) is 17.6 Å². The fourth-order valence-corrected chi connectivity index (χ4v) is 2.22. The van der Waals surface area contributed by atoms with Gasteiger partial charge in [-0.05, 0) is 24.5 Å². The molecule has 0 aromatic carbocycles. The summed E-state index contributed by atoms with van der Waals surface area (Å²) in [5, 5.41) is 3.09. The van der Waals surface area contributed by atoms with Crippen LogP contribution in [0.15, 0.2) is 17.3 Å². The largest absolute Gasteiger partial charge is 0.378 e. The zero-order chi connectivity index (χ0) is 14.7. The van der Waals surface area contributed by atoms with Crippen LogP contribution in [0.4, 0.5) is 10.2 Å². The number of aliphatic imine (C=N–C) groups is 1. The molecule has 122 valence electrons. The molecule has 2 heterocycles. The number of rotatable bonds is 4. The normalized spacial score (nSPS) is 18.8. The van der Waals surface area contributed by atoms with Crippen molar-refractivity contribution in [1.82, 2.24) is 10.3 Å². The van der Waals surface area contributed by atoms with Crippen LogP contribution < -0.4 is 16.0 Å². The molecule has 0 amide bonds. The molecule has 3 rings (SSSR count). The molecule has 22 heavy (non-hydrogen) atoms. The van der Waals surface area contributed by atoms with Crippen molar-refractivity contribution in [3.63, 3.8) is 0 Å². The Morgan fingerprint density at radius 1 is 1.45 bits per heavy atom. The Kier molecular flexibility index (Phi) is 6.18. The summed E-state index contributed by atoms with van der Waals surface area (Å²) >= 11 is 0. The maximum absolute atomic E-state index is 14.1. The van der Waals surface area contributed by atoms with E-state index in [1.54, 1.807) is 6.20 Å². The SMILES string of the molecule is I.NC(=NCc1cnc(N2CCOCC2)c(F)c1)NC1CC1. The standard InChI is InChI=1S/C14H20FN5O.HI/c15-12-7-10(9-18-14(16)19-11-1-2-11)8-17-13(12)20-3-5-21-6-4-20;/h7-8,11H,1-6,9H2,(H3,16,18,19);1H. The zero-order valence-electron chi connectivity index (χ0n) is 12.3. The Hall–Kier alpha value is -1.16. The molecule has 6 nitrogen and oxygen atoms in total. The minimum Gasteiger partial charge on any atom is -0.378 e. The number of hydrogen-bond donors (Lipinski definition) is 2. The molecule has 0 radical (unpaired) electrons. The number of ether oxygens (including phenoxy) is 1. The number of nitrogens with one attached hydrogen (secondary N) is 1. The second-order valence-corrected chi connectivity index (χ2v) is 5.37. The van der Waals surface area contributed by atoms with E-state index in [0.29, 0.717) is 56.2 Å². The first-order valence-electron chi connectivity index (χ1n) is 7.26. The van der Waals surface area contributed by atoms with Crippen LogP contribution in [0.2, 0.25) is 0 Å². The van der Waals surface area contributed by atoms with Crippen LogP contribution in [0, 0.1) is 5.82 Å². The summed E-state index contributed by atoms with van der Waals surface area (Å²) in [7, 11) is 0. The van der Waals surface area contributed by atoms with E-state index in [1.807, 2.05) is 4.90 Å². The number of anilines is 1. The molecule has 2 fully saturated rings. The number of halogens is 2. The first-order valence-corrected chi connectivity index (χ1v) is 7.26. The van der Waals surface area contributed by atoms with Crippen molar-refractivity contribution >= 4 is 35.8 Å². The van der Waals surface area contributed by atoms with Crippen LogP contribution in [-0.2, 0) is 11.3 Å². The highest BCUT2D eigenvalue weighted by Gasteiger charge is 2.21. The first-order chi connectivity index (χ1) is 10.2. The topological polar surface area (TPSA) is 75.8 Å². The van der Waals surface area contributed by atoms with Crippen LogP contribution in [0.5, 0.6) is 0 Å². The third-order valence-electron chi connectivity index (χ3n) is 3.55. The highest BCUT2D eigenvalue weighted by Crippen LogP contribution is 2.19. The lowest BCUT2D eigenvalue weighted by molar-refractivity contribution is 0.122. The van der Waals surface area contributed by atoms with E-state index < -0.39 is 0 Å². The second kappa shape index (κ2) is 7.91. The molecule has 2 aliphatic rings. The Morgan fingerprint density at radius 3 is 2.82 bits per heavy atom. The van der Waals surface area contributed by atoms with Crippen molar-refractivity contribution in [2.24, 2.45) is 10.7 Å². The molecule has 0 atom stereocenters. The van der Waals surface area contributed by atoms with Gasteiger partial charge in [-0.25, -0.2) is 14.4 Å². The van der Waals surface area contributed by atoms with Gasteiger partial charge in [0.05, 0.1) is 19.8 Å². The van der Waals surface area contributed by atoms with Gasteiger partial charge in [0.25, 0.3) is 0 Å². The molecular formula is C14H21FIN5O. The molecule has 3 N–H and O–H groups in total. The predicted octanol–water partition coefficient (Wildman–Crippen LogP) is 1.24. The Balaban J connectivity index is 0.00000176. The molecule has 8 heteroatoms. The lowest BCUT2D eigenvalue weighted by Crippen LogP contribution is -2.37. The number of guanidine groups is 1. The van der Waals surface area contributed by atoms with Crippen LogP contribution in [0.1, 0.15) is 18.4 Å². The van der Waals surface area contributed by atoms with E-state index >= 15 is 0 Å². The second-order valence-electron chi connectivity index (χ2n) is 5.37. The number of morpholine rings is 1. The molecule has 1 aromatic heterocycles. The number of aromatic nitrogens is 1. The fraction of sp³-hybridized carbons (Fsp3) is 0.571. The first kappa shape index (κ1) is 17.2. The number of pyridine rings is 1. The number of nitrogens with two attached hydrogens (primary N) is 1. The molecule has 0 bridgehead atoms. The van der Waals surface area contributed by atoms with E-state index in [-0.39, 0.29) is 29.8 Å². The zero-order valence-corrected chi connectivity index (χ0v) is 14.6. The van der Waals surface area contributed by atoms with Gasteiger partial charge in [0.2, 0.25) is 0 Å². The average Bonchev–Trinajstić information content (AvgIpc) is 3.30. The number of nitrogens with zero attached hydrogens (tertiary/aromatic N) is 3. The molecule has 1 saturated heterocycles. The molecule has 1 aromatic rings. The van der Waals surface area contributed by atoms with Gasteiger partial charge in [0, 0.05) is 25.3 Å². The minimum absolute atomic E-state index is 0. The van der Waals surface area contributed by atoms with Crippen LogP contribution in [-0.4, -0.2) is 43.3 Å². The Morgan fingerprint density at radius 2 is 2.18 bits per heavy atom. The van der Waals surface area contributed by atoms with Crippen molar-refractivity contribution < 1.29 is 9.13 Å². The smallest absolute Gasteiger partial charge is 0.189 e. The lowest BCUT2D eigenvalue weighted by Gasteiger charge is -2.28. The predicted molar refractivity (Wildman–Crippen MR) is 94.1 cm³/mol. The van der Waals surface area contributed by atoms with Crippen LogP contribution in [0.25, 0.3) is 0 Å². The van der Waals surface area contributed by atoms with Crippen LogP contribution >= 0.6 is 24.0 Å². The highest BCUT2D eigenvalue weighted by molar-refractivity contribution is 14.0. The third kappa shape index (κ3) is 4.67. The highest BCUT2D eigenvalue weighted by atomic mass is 127.